The lowest BCUT2D eigenvalue weighted by atomic mass is 10.1. The number of aliphatic carboxylic acids is 1. The quantitative estimate of drug-likeness (QED) is 0.798. The van der Waals surface area contributed by atoms with Crippen molar-refractivity contribution in [3.8, 4) is 0 Å². The number of aryl methyl sites for hydroxylation is 1. The Morgan fingerprint density at radius 3 is 2.48 bits per heavy atom. The Morgan fingerprint density at radius 2 is 1.81 bits per heavy atom. The molecule has 0 saturated carbocycles. The zero-order valence-corrected chi connectivity index (χ0v) is 11.7. The van der Waals surface area contributed by atoms with Crippen molar-refractivity contribution in [2.75, 3.05) is 0 Å². The summed E-state index contributed by atoms with van der Waals surface area (Å²) < 4.78 is 1.83. The molecule has 4 heteroatoms. The predicted octanol–water partition coefficient (Wildman–Crippen LogP) is 3.27. The molecule has 4 nitrogen and oxygen atoms in total. The Balaban J connectivity index is 2.27. The first-order chi connectivity index (χ1) is 10.2. The van der Waals surface area contributed by atoms with Crippen LogP contribution in [0.1, 0.15) is 24.4 Å². The van der Waals surface area contributed by atoms with Crippen LogP contribution in [0.5, 0.6) is 0 Å². The summed E-state index contributed by atoms with van der Waals surface area (Å²) in [4.78, 5) is 16.4. The number of benzene rings is 2. The maximum absolute atomic E-state index is 11.9. The second-order valence-corrected chi connectivity index (χ2v) is 4.89. The third kappa shape index (κ3) is 2.29. The summed E-state index contributed by atoms with van der Waals surface area (Å²) in [5.74, 6) is -0.0912. The third-order valence-corrected chi connectivity index (χ3v) is 3.59. The molecule has 0 aliphatic rings. The molecular weight excluding hydrogens is 264 g/mol. The van der Waals surface area contributed by atoms with Crippen molar-refractivity contribution in [3.63, 3.8) is 0 Å². The van der Waals surface area contributed by atoms with Gasteiger partial charge in [-0.3, -0.25) is 0 Å². The van der Waals surface area contributed by atoms with E-state index in [0.29, 0.717) is 6.42 Å². The Bertz CT molecular complexity index is 778. The van der Waals surface area contributed by atoms with E-state index in [1.807, 2.05) is 66.1 Å². The lowest BCUT2D eigenvalue weighted by Crippen LogP contribution is -2.22. The lowest BCUT2D eigenvalue weighted by Gasteiger charge is -2.18. The molecule has 1 aromatic heterocycles. The standard InChI is InChI=1S/C17H16N2O2/c1-2-15-18-13-10-6-7-11-14(13)19(15)16(17(20)21)12-8-4-3-5-9-12/h3-11,16H,2H2,1H3,(H,20,21). The van der Waals surface area contributed by atoms with E-state index < -0.39 is 12.0 Å². The molecule has 106 valence electrons. The molecule has 0 bridgehead atoms. The van der Waals surface area contributed by atoms with Crippen LogP contribution in [-0.4, -0.2) is 20.6 Å². The zero-order valence-electron chi connectivity index (χ0n) is 11.7. The summed E-state index contributed by atoms with van der Waals surface area (Å²) in [5, 5.41) is 9.73. The van der Waals surface area contributed by atoms with Gasteiger partial charge in [0, 0.05) is 6.42 Å². The van der Waals surface area contributed by atoms with E-state index in [1.54, 1.807) is 0 Å². The van der Waals surface area contributed by atoms with Gasteiger partial charge in [0.1, 0.15) is 5.82 Å². The van der Waals surface area contributed by atoms with Gasteiger partial charge in [0.15, 0.2) is 6.04 Å². The molecule has 3 aromatic rings. The van der Waals surface area contributed by atoms with Gasteiger partial charge in [0.2, 0.25) is 0 Å². The van der Waals surface area contributed by atoms with Gasteiger partial charge in [-0.2, -0.15) is 0 Å². The van der Waals surface area contributed by atoms with Gasteiger partial charge in [0.25, 0.3) is 0 Å². The van der Waals surface area contributed by atoms with Crippen molar-refractivity contribution in [2.24, 2.45) is 0 Å². The van der Waals surface area contributed by atoms with Crippen molar-refractivity contribution in [1.82, 2.24) is 9.55 Å². The van der Waals surface area contributed by atoms with E-state index >= 15 is 0 Å². The number of rotatable bonds is 4. The van der Waals surface area contributed by atoms with Gasteiger partial charge in [-0.15, -0.1) is 0 Å². The molecule has 1 atom stereocenters. The number of para-hydroxylation sites is 2. The average molecular weight is 280 g/mol. The molecule has 1 N–H and O–H groups in total. The molecule has 0 saturated heterocycles. The first-order valence-electron chi connectivity index (χ1n) is 6.96. The normalized spacial score (nSPS) is 12.4. The molecule has 0 radical (unpaired) electrons. The Labute approximate surface area is 122 Å². The molecule has 0 aliphatic carbocycles. The van der Waals surface area contributed by atoms with Gasteiger partial charge in [-0.1, -0.05) is 49.4 Å². The number of carbonyl (C=O) groups is 1. The molecule has 0 spiro atoms. The molecule has 0 aliphatic heterocycles. The van der Waals surface area contributed by atoms with Crippen molar-refractivity contribution < 1.29 is 9.90 Å². The molecule has 0 fully saturated rings. The lowest BCUT2D eigenvalue weighted by molar-refractivity contribution is -0.139. The second kappa shape index (κ2) is 5.40. The molecule has 21 heavy (non-hydrogen) atoms. The van der Waals surface area contributed by atoms with Crippen molar-refractivity contribution in [3.05, 3.63) is 66.0 Å². The summed E-state index contributed by atoms with van der Waals surface area (Å²) in [6.45, 7) is 1.99. The van der Waals surface area contributed by atoms with Crippen molar-refractivity contribution >= 4 is 17.0 Å². The van der Waals surface area contributed by atoms with E-state index in [4.69, 9.17) is 0 Å². The number of fused-ring (bicyclic) bond motifs is 1. The SMILES string of the molecule is CCc1nc2ccccc2n1C(C(=O)O)c1ccccc1. The van der Waals surface area contributed by atoms with Gasteiger partial charge in [0.05, 0.1) is 11.0 Å². The average Bonchev–Trinajstić information content (AvgIpc) is 2.87. The molecule has 1 unspecified atom stereocenters. The summed E-state index contributed by atoms with van der Waals surface area (Å²) in [7, 11) is 0. The van der Waals surface area contributed by atoms with Crippen LogP contribution in [-0.2, 0) is 11.2 Å². The van der Waals surface area contributed by atoms with Crippen molar-refractivity contribution in [2.45, 2.75) is 19.4 Å². The van der Waals surface area contributed by atoms with Crippen LogP contribution in [0.3, 0.4) is 0 Å². The van der Waals surface area contributed by atoms with Crippen LogP contribution in [0, 0.1) is 0 Å². The highest BCUT2D eigenvalue weighted by atomic mass is 16.4. The number of carboxylic acid groups (broad SMARTS) is 1. The van der Waals surface area contributed by atoms with Gasteiger partial charge < -0.3 is 9.67 Å². The molecular formula is C17H16N2O2. The van der Waals surface area contributed by atoms with Gasteiger partial charge in [-0.05, 0) is 17.7 Å². The monoisotopic (exact) mass is 280 g/mol. The summed E-state index contributed by atoms with van der Waals surface area (Å²) >= 11 is 0. The molecule has 0 amide bonds. The Kier molecular flexibility index (Phi) is 3.44. The topological polar surface area (TPSA) is 55.1 Å². The maximum Gasteiger partial charge on any atom is 0.331 e. The molecule has 3 rings (SSSR count). The van der Waals surface area contributed by atoms with E-state index in [2.05, 4.69) is 4.98 Å². The minimum Gasteiger partial charge on any atom is -0.479 e. The number of aromatic nitrogens is 2. The molecule has 2 aromatic carbocycles. The Hall–Kier alpha value is -2.62. The van der Waals surface area contributed by atoms with Crippen LogP contribution >= 0.6 is 0 Å². The van der Waals surface area contributed by atoms with Crippen molar-refractivity contribution in [1.29, 1.82) is 0 Å². The smallest absolute Gasteiger partial charge is 0.331 e. The number of imidazole rings is 1. The minimum absolute atomic E-state index is 0.686. The minimum atomic E-state index is -0.876. The second-order valence-electron chi connectivity index (χ2n) is 4.89. The van der Waals surface area contributed by atoms with Crippen LogP contribution in [0.2, 0.25) is 0 Å². The first-order valence-corrected chi connectivity index (χ1v) is 6.96. The Morgan fingerprint density at radius 1 is 1.14 bits per heavy atom. The van der Waals surface area contributed by atoms with E-state index in [9.17, 15) is 9.90 Å². The first kappa shape index (κ1) is 13.4. The summed E-state index contributed by atoms with van der Waals surface area (Å²) in [5.41, 5.74) is 2.44. The van der Waals surface area contributed by atoms with Crippen LogP contribution in [0.15, 0.2) is 54.6 Å². The van der Waals surface area contributed by atoms with Crippen LogP contribution < -0.4 is 0 Å². The number of hydrogen-bond donors (Lipinski definition) is 1. The zero-order chi connectivity index (χ0) is 14.8. The largest absolute Gasteiger partial charge is 0.479 e. The summed E-state index contributed by atoms with van der Waals surface area (Å²) in [6.07, 6.45) is 0.686. The fourth-order valence-electron chi connectivity index (χ4n) is 2.67. The van der Waals surface area contributed by atoms with Gasteiger partial charge in [-0.25, -0.2) is 9.78 Å². The van der Waals surface area contributed by atoms with E-state index in [1.165, 1.54) is 0 Å². The highest BCUT2D eigenvalue weighted by Gasteiger charge is 2.26. The highest BCUT2D eigenvalue weighted by Crippen LogP contribution is 2.26. The van der Waals surface area contributed by atoms with Crippen LogP contribution in [0.25, 0.3) is 11.0 Å². The number of nitrogens with zero attached hydrogens (tertiary/aromatic N) is 2. The molecule has 1 heterocycles. The number of hydrogen-bond acceptors (Lipinski definition) is 2. The third-order valence-electron chi connectivity index (χ3n) is 3.59. The fraction of sp³-hybridized carbons (Fsp3) is 0.176. The van der Waals surface area contributed by atoms with Gasteiger partial charge >= 0.3 is 5.97 Å². The maximum atomic E-state index is 11.9. The van der Waals surface area contributed by atoms with E-state index in [-0.39, 0.29) is 0 Å². The number of carboxylic acids is 1. The predicted molar refractivity (Wildman–Crippen MR) is 81.3 cm³/mol. The highest BCUT2D eigenvalue weighted by molar-refractivity contribution is 5.82. The fourth-order valence-corrected chi connectivity index (χ4v) is 2.67. The van der Waals surface area contributed by atoms with Crippen LogP contribution in [0.4, 0.5) is 0 Å². The van der Waals surface area contributed by atoms with E-state index in [0.717, 1.165) is 22.4 Å². The summed E-state index contributed by atoms with van der Waals surface area (Å²) in [6, 6.07) is 16.2.